The number of fused-ring (bicyclic) bond motifs is 1. The Balaban J connectivity index is 1.40. The lowest BCUT2D eigenvalue weighted by atomic mass is 9.80. The van der Waals surface area contributed by atoms with Crippen LogP contribution in [-0.2, 0) is 11.3 Å². The minimum absolute atomic E-state index is 0.0550. The van der Waals surface area contributed by atoms with Crippen LogP contribution in [0.4, 0.5) is 0 Å². The van der Waals surface area contributed by atoms with E-state index in [1.54, 1.807) is 0 Å². The summed E-state index contributed by atoms with van der Waals surface area (Å²) in [4.78, 5) is 22.7. The van der Waals surface area contributed by atoms with Gasteiger partial charge in [-0.15, -0.1) is 0 Å². The van der Waals surface area contributed by atoms with Gasteiger partial charge in [0.2, 0.25) is 0 Å². The van der Waals surface area contributed by atoms with Gasteiger partial charge in [-0.3, -0.25) is 9.69 Å². The van der Waals surface area contributed by atoms with Crippen molar-refractivity contribution in [2.45, 2.75) is 52.0 Å². The molecule has 0 spiro atoms. The summed E-state index contributed by atoms with van der Waals surface area (Å²) in [5.41, 5.74) is 3.70. The van der Waals surface area contributed by atoms with E-state index < -0.39 is 0 Å². The molecule has 6 heteroatoms. The molecular formula is C24H34N4O2. The molecule has 3 fully saturated rings. The summed E-state index contributed by atoms with van der Waals surface area (Å²) in [6.07, 6.45) is 10.4. The molecule has 30 heavy (non-hydrogen) atoms. The Hall–Kier alpha value is -1.92. The van der Waals surface area contributed by atoms with Crippen molar-refractivity contribution < 1.29 is 9.53 Å². The average molecular weight is 411 g/mol. The van der Waals surface area contributed by atoms with Gasteiger partial charge >= 0.3 is 0 Å². The van der Waals surface area contributed by atoms with Gasteiger partial charge in [0.25, 0.3) is 5.91 Å². The quantitative estimate of drug-likeness (QED) is 0.774. The van der Waals surface area contributed by atoms with Gasteiger partial charge in [0.15, 0.2) is 5.69 Å². The maximum Gasteiger partial charge on any atom is 0.274 e. The number of aromatic nitrogens is 2. The predicted octanol–water partition coefficient (Wildman–Crippen LogP) is 3.52. The van der Waals surface area contributed by atoms with Crippen LogP contribution in [0.15, 0.2) is 18.3 Å². The van der Waals surface area contributed by atoms with Crippen LogP contribution < -0.4 is 0 Å². The van der Waals surface area contributed by atoms with Gasteiger partial charge < -0.3 is 14.0 Å². The molecular weight excluding hydrogens is 376 g/mol. The van der Waals surface area contributed by atoms with Crippen LogP contribution in [-0.4, -0.2) is 64.5 Å². The van der Waals surface area contributed by atoms with Crippen molar-refractivity contribution in [2.75, 3.05) is 39.4 Å². The lowest BCUT2D eigenvalue weighted by molar-refractivity contribution is 0.0298. The van der Waals surface area contributed by atoms with Crippen LogP contribution in [0.5, 0.6) is 0 Å². The number of nitrogens with zero attached hydrogens (tertiary/aromatic N) is 4. The number of hydrogen-bond acceptors (Lipinski definition) is 4. The molecule has 2 aromatic rings. The van der Waals surface area contributed by atoms with Crippen LogP contribution in [0.25, 0.3) is 5.65 Å². The number of morpholine rings is 1. The molecule has 162 valence electrons. The van der Waals surface area contributed by atoms with Crippen molar-refractivity contribution in [1.82, 2.24) is 19.2 Å². The van der Waals surface area contributed by atoms with E-state index in [-0.39, 0.29) is 5.91 Å². The molecule has 0 bridgehead atoms. The first-order chi connectivity index (χ1) is 14.7. The van der Waals surface area contributed by atoms with Gasteiger partial charge in [-0.1, -0.05) is 38.2 Å². The monoisotopic (exact) mass is 410 g/mol. The van der Waals surface area contributed by atoms with Crippen molar-refractivity contribution in [3.8, 4) is 0 Å². The lowest BCUT2D eigenvalue weighted by Crippen LogP contribution is -2.41. The first-order valence-electron chi connectivity index (χ1n) is 11.8. The fourth-order valence-corrected chi connectivity index (χ4v) is 5.70. The van der Waals surface area contributed by atoms with Crippen LogP contribution >= 0.6 is 0 Å². The lowest BCUT2D eigenvalue weighted by Gasteiger charge is -2.28. The molecule has 0 N–H and O–H groups in total. The summed E-state index contributed by atoms with van der Waals surface area (Å²) in [5.74, 6) is 1.78. The average Bonchev–Trinajstić information content (AvgIpc) is 3.41. The van der Waals surface area contributed by atoms with Crippen molar-refractivity contribution in [2.24, 2.45) is 11.8 Å². The number of pyridine rings is 1. The van der Waals surface area contributed by atoms with E-state index in [4.69, 9.17) is 9.72 Å². The Kier molecular flexibility index (Phi) is 5.79. The van der Waals surface area contributed by atoms with E-state index in [0.717, 1.165) is 48.4 Å². The number of imidazole rings is 1. The minimum atomic E-state index is 0.0550. The first-order valence-corrected chi connectivity index (χ1v) is 11.8. The van der Waals surface area contributed by atoms with E-state index in [2.05, 4.69) is 34.6 Å². The molecule has 4 heterocycles. The van der Waals surface area contributed by atoms with Crippen molar-refractivity contribution in [3.63, 3.8) is 0 Å². The molecule has 5 rings (SSSR count). The topological polar surface area (TPSA) is 50.1 Å². The van der Waals surface area contributed by atoms with Gasteiger partial charge in [0.1, 0.15) is 5.65 Å². The third-order valence-electron chi connectivity index (χ3n) is 7.44. The number of ether oxygens (including phenoxy) is 1. The molecule has 1 atom stereocenters. The summed E-state index contributed by atoms with van der Waals surface area (Å²) >= 11 is 0. The fourth-order valence-electron chi connectivity index (χ4n) is 5.70. The highest BCUT2D eigenvalue weighted by Crippen LogP contribution is 2.35. The Labute approximate surface area is 179 Å². The number of carbonyl (C=O) groups is 1. The summed E-state index contributed by atoms with van der Waals surface area (Å²) in [6, 6.07) is 4.13. The van der Waals surface area contributed by atoms with Crippen LogP contribution in [0.2, 0.25) is 0 Å². The third kappa shape index (κ3) is 3.87. The summed E-state index contributed by atoms with van der Waals surface area (Å²) in [5, 5.41) is 0. The van der Waals surface area contributed by atoms with Gasteiger partial charge in [-0.25, -0.2) is 4.98 Å². The number of rotatable bonds is 4. The Morgan fingerprint density at radius 3 is 2.70 bits per heavy atom. The first kappa shape index (κ1) is 20.0. The molecule has 1 amide bonds. The van der Waals surface area contributed by atoms with E-state index in [9.17, 15) is 4.79 Å². The molecule has 2 aromatic heterocycles. The highest BCUT2D eigenvalue weighted by Gasteiger charge is 2.32. The second kappa shape index (κ2) is 8.67. The SMILES string of the molecule is Cc1cccn2c(CN3CC[C@@H](C4CCCCC4)C3)c(C(=O)N3CCOCC3)nc12. The van der Waals surface area contributed by atoms with Crippen molar-refractivity contribution >= 4 is 11.6 Å². The summed E-state index contributed by atoms with van der Waals surface area (Å²) in [7, 11) is 0. The van der Waals surface area contributed by atoms with E-state index in [0.29, 0.717) is 32.0 Å². The van der Waals surface area contributed by atoms with E-state index in [1.807, 2.05) is 4.90 Å². The molecule has 2 saturated heterocycles. The molecule has 1 aliphatic carbocycles. The maximum absolute atomic E-state index is 13.4. The molecule has 0 aromatic carbocycles. The molecule has 2 aliphatic heterocycles. The second-order valence-electron chi connectivity index (χ2n) is 9.38. The fraction of sp³-hybridized carbons (Fsp3) is 0.667. The maximum atomic E-state index is 13.4. The normalized spacial score (nSPS) is 24.0. The van der Waals surface area contributed by atoms with Crippen LogP contribution in [0.3, 0.4) is 0 Å². The van der Waals surface area contributed by atoms with Gasteiger partial charge in [-0.05, 0) is 43.4 Å². The van der Waals surface area contributed by atoms with E-state index >= 15 is 0 Å². The molecule has 0 unspecified atom stereocenters. The number of hydrogen-bond donors (Lipinski definition) is 0. The number of aryl methyl sites for hydroxylation is 1. The smallest absolute Gasteiger partial charge is 0.274 e. The molecule has 3 aliphatic rings. The van der Waals surface area contributed by atoms with Gasteiger partial charge in [-0.2, -0.15) is 0 Å². The Morgan fingerprint density at radius 1 is 1.10 bits per heavy atom. The third-order valence-corrected chi connectivity index (χ3v) is 7.44. The number of carbonyl (C=O) groups excluding carboxylic acids is 1. The van der Waals surface area contributed by atoms with Gasteiger partial charge in [0.05, 0.1) is 18.9 Å². The number of amides is 1. The summed E-state index contributed by atoms with van der Waals surface area (Å²) < 4.78 is 7.59. The Morgan fingerprint density at radius 2 is 1.90 bits per heavy atom. The van der Waals surface area contributed by atoms with E-state index in [1.165, 1.54) is 38.5 Å². The minimum Gasteiger partial charge on any atom is -0.378 e. The standard InChI is InChI=1S/C24H34N4O2/c1-18-6-5-10-28-21(17-26-11-9-20(16-26)19-7-3-2-4-8-19)22(25-23(18)28)24(29)27-12-14-30-15-13-27/h5-6,10,19-20H,2-4,7-9,11-17H2,1H3/t20-/m1/s1. The van der Waals surface area contributed by atoms with Gasteiger partial charge in [0, 0.05) is 32.4 Å². The zero-order valence-corrected chi connectivity index (χ0v) is 18.2. The largest absolute Gasteiger partial charge is 0.378 e. The zero-order chi connectivity index (χ0) is 20.5. The molecule has 6 nitrogen and oxygen atoms in total. The molecule has 0 radical (unpaired) electrons. The Bertz CT molecular complexity index is 896. The highest BCUT2D eigenvalue weighted by molar-refractivity contribution is 5.94. The van der Waals surface area contributed by atoms with Crippen molar-refractivity contribution in [1.29, 1.82) is 0 Å². The second-order valence-corrected chi connectivity index (χ2v) is 9.38. The molecule has 1 saturated carbocycles. The zero-order valence-electron chi connectivity index (χ0n) is 18.2. The van der Waals surface area contributed by atoms with Crippen LogP contribution in [0.1, 0.15) is 60.3 Å². The predicted molar refractivity (Wildman–Crippen MR) is 117 cm³/mol. The summed E-state index contributed by atoms with van der Waals surface area (Å²) in [6.45, 7) is 7.70. The van der Waals surface area contributed by atoms with Crippen molar-refractivity contribution in [3.05, 3.63) is 35.3 Å². The van der Waals surface area contributed by atoms with Crippen LogP contribution in [0, 0.1) is 18.8 Å². The number of likely N-dealkylation sites (tertiary alicyclic amines) is 1. The highest BCUT2D eigenvalue weighted by atomic mass is 16.5.